The molecule has 0 N–H and O–H groups in total. The van der Waals surface area contributed by atoms with Crippen LogP contribution >= 0.6 is 10.8 Å². The second-order valence-corrected chi connectivity index (χ2v) is 11.6. The summed E-state index contributed by atoms with van der Waals surface area (Å²) in [5.74, 6) is -0.0494. The van der Waals surface area contributed by atoms with Crippen LogP contribution < -0.4 is 0 Å². The van der Waals surface area contributed by atoms with Gasteiger partial charge in [0.2, 0.25) is 8.87 Å². The molecule has 1 aromatic carbocycles. The molecule has 27 heavy (non-hydrogen) atoms. The largest absolute Gasteiger partial charge is 0.464 e. The summed E-state index contributed by atoms with van der Waals surface area (Å²) in [6.07, 6.45) is 0.727. The number of esters is 1. The summed E-state index contributed by atoms with van der Waals surface area (Å²) >= 11 is 0. The van der Waals surface area contributed by atoms with E-state index < -0.39 is 14.3 Å². The Bertz CT molecular complexity index is 700. The molecule has 152 valence electrons. The van der Waals surface area contributed by atoms with Gasteiger partial charge < -0.3 is 14.5 Å². The van der Waals surface area contributed by atoms with Crippen LogP contribution in [-0.2, 0) is 18.4 Å². The van der Waals surface area contributed by atoms with Crippen molar-refractivity contribution >= 4 is 25.6 Å². The summed E-state index contributed by atoms with van der Waals surface area (Å²) in [5.41, 5.74) is -0.577. The molecule has 0 aromatic heterocycles. The molecule has 8 heteroatoms. The lowest BCUT2D eigenvalue weighted by Crippen LogP contribution is -2.45. The molecule has 1 aliphatic heterocycles. The van der Waals surface area contributed by atoms with E-state index in [1.54, 1.807) is 30.3 Å². The summed E-state index contributed by atoms with van der Waals surface area (Å²) in [6.45, 7) is 8.89. The van der Waals surface area contributed by atoms with Crippen molar-refractivity contribution in [2.75, 3.05) is 52.1 Å². The third-order valence-electron chi connectivity index (χ3n) is 4.79. The summed E-state index contributed by atoms with van der Waals surface area (Å²) in [6, 6.07) is 8.29. The number of ether oxygens (including phenoxy) is 1. The molecule has 1 heterocycles. The van der Waals surface area contributed by atoms with Gasteiger partial charge in [-0.15, -0.1) is 0 Å². The van der Waals surface area contributed by atoms with Crippen molar-refractivity contribution in [2.24, 2.45) is 5.41 Å². The average Bonchev–Trinajstić information content (AvgIpc) is 2.65. The highest BCUT2D eigenvalue weighted by Gasteiger charge is 2.30. The maximum absolute atomic E-state index is 12.4. The van der Waals surface area contributed by atoms with Crippen LogP contribution in [0.5, 0.6) is 0 Å². The first kappa shape index (κ1) is 22.2. The van der Waals surface area contributed by atoms with Crippen LogP contribution in [0.25, 0.3) is 0 Å². The van der Waals surface area contributed by atoms with Gasteiger partial charge in [-0.1, -0.05) is 18.2 Å². The van der Waals surface area contributed by atoms with Crippen molar-refractivity contribution in [3.8, 4) is 0 Å². The molecule has 0 radical (unpaired) electrons. The van der Waals surface area contributed by atoms with E-state index in [2.05, 4.69) is 16.8 Å². The molecular formula is C19H30N2O4S2. The van der Waals surface area contributed by atoms with E-state index in [1.807, 2.05) is 13.8 Å². The minimum Gasteiger partial charge on any atom is -0.464 e. The minimum absolute atomic E-state index is 0.0908. The fraction of sp³-hybridized carbons (Fsp3) is 0.632. The Morgan fingerprint density at radius 2 is 1.78 bits per heavy atom. The second kappa shape index (κ2) is 9.91. The van der Waals surface area contributed by atoms with Crippen molar-refractivity contribution < 1.29 is 17.9 Å². The lowest BCUT2D eigenvalue weighted by molar-refractivity contribution is -0.153. The number of rotatable bonds is 9. The minimum atomic E-state index is -3.41. The van der Waals surface area contributed by atoms with Gasteiger partial charge in [0.25, 0.3) is 0 Å². The van der Waals surface area contributed by atoms with Gasteiger partial charge in [0.1, 0.15) is 6.61 Å². The number of carbonyl (C=O) groups is 1. The molecular weight excluding hydrogens is 384 g/mol. The zero-order valence-electron chi connectivity index (χ0n) is 16.4. The van der Waals surface area contributed by atoms with Gasteiger partial charge >= 0.3 is 5.97 Å². The van der Waals surface area contributed by atoms with Crippen LogP contribution in [0.3, 0.4) is 0 Å². The SMILES string of the molecule is CN1CCN(CCC(C)(C)C(=O)OCCSS(=O)(=O)c2ccccc2)CC1. The van der Waals surface area contributed by atoms with Gasteiger partial charge in [0.15, 0.2) is 0 Å². The molecule has 0 amide bonds. The number of nitrogens with zero attached hydrogens (tertiary/aromatic N) is 2. The first-order valence-electron chi connectivity index (χ1n) is 9.23. The average molecular weight is 415 g/mol. The van der Waals surface area contributed by atoms with Crippen LogP contribution in [0.15, 0.2) is 35.2 Å². The quantitative estimate of drug-likeness (QED) is 0.349. The van der Waals surface area contributed by atoms with Gasteiger partial charge in [-0.25, -0.2) is 8.42 Å². The molecule has 1 aliphatic rings. The van der Waals surface area contributed by atoms with E-state index in [0.29, 0.717) is 0 Å². The van der Waals surface area contributed by atoms with Crippen molar-refractivity contribution in [1.82, 2.24) is 9.80 Å². The van der Waals surface area contributed by atoms with Crippen LogP contribution in [0.1, 0.15) is 20.3 Å². The monoisotopic (exact) mass is 414 g/mol. The van der Waals surface area contributed by atoms with Crippen LogP contribution in [0.4, 0.5) is 0 Å². The molecule has 2 rings (SSSR count). The normalized spacial score (nSPS) is 17.0. The lowest BCUT2D eigenvalue weighted by Gasteiger charge is -2.34. The molecule has 1 aromatic rings. The van der Waals surface area contributed by atoms with E-state index in [4.69, 9.17) is 4.74 Å². The highest BCUT2D eigenvalue weighted by Crippen LogP contribution is 2.25. The Morgan fingerprint density at radius 3 is 2.41 bits per heavy atom. The van der Waals surface area contributed by atoms with Gasteiger partial charge in [0.05, 0.1) is 10.3 Å². The topological polar surface area (TPSA) is 66.9 Å². The van der Waals surface area contributed by atoms with Crippen molar-refractivity contribution in [3.63, 3.8) is 0 Å². The van der Waals surface area contributed by atoms with E-state index in [9.17, 15) is 13.2 Å². The van der Waals surface area contributed by atoms with Crippen molar-refractivity contribution in [3.05, 3.63) is 30.3 Å². The Morgan fingerprint density at radius 1 is 1.15 bits per heavy atom. The van der Waals surface area contributed by atoms with E-state index in [-0.39, 0.29) is 23.2 Å². The fourth-order valence-electron chi connectivity index (χ4n) is 2.74. The van der Waals surface area contributed by atoms with Gasteiger partial charge in [0, 0.05) is 31.9 Å². The van der Waals surface area contributed by atoms with E-state index in [1.165, 1.54) is 0 Å². The number of hydrogen-bond acceptors (Lipinski definition) is 7. The zero-order valence-corrected chi connectivity index (χ0v) is 18.0. The molecule has 0 atom stereocenters. The molecule has 1 fully saturated rings. The van der Waals surface area contributed by atoms with Gasteiger partial charge in [-0.05, 0) is 56.8 Å². The number of piperazine rings is 1. The summed E-state index contributed by atoms with van der Waals surface area (Å²) in [4.78, 5) is 17.3. The maximum atomic E-state index is 12.4. The molecule has 0 saturated carbocycles. The Hall–Kier alpha value is -1.09. The van der Waals surface area contributed by atoms with Gasteiger partial charge in [-0.2, -0.15) is 0 Å². The number of carbonyl (C=O) groups excluding carboxylic acids is 1. The van der Waals surface area contributed by atoms with E-state index in [0.717, 1.165) is 49.9 Å². The Balaban J connectivity index is 1.71. The third-order valence-corrected chi connectivity index (χ3v) is 8.29. The molecule has 1 saturated heterocycles. The molecule has 0 spiro atoms. The zero-order chi connectivity index (χ0) is 19.9. The predicted octanol–water partition coefficient (Wildman–Crippen LogP) is 2.32. The van der Waals surface area contributed by atoms with Crippen molar-refractivity contribution in [1.29, 1.82) is 0 Å². The molecule has 0 aliphatic carbocycles. The van der Waals surface area contributed by atoms with Crippen LogP contribution in [0.2, 0.25) is 0 Å². The fourth-order valence-corrected chi connectivity index (χ4v) is 5.34. The maximum Gasteiger partial charge on any atom is 0.311 e. The summed E-state index contributed by atoms with van der Waals surface area (Å²) < 4.78 is 29.7. The molecule has 0 bridgehead atoms. The molecule has 6 nitrogen and oxygen atoms in total. The first-order chi connectivity index (χ1) is 12.7. The number of benzene rings is 1. The highest BCUT2D eigenvalue weighted by atomic mass is 33.1. The third kappa shape index (κ3) is 7.10. The Labute approximate surface area is 166 Å². The predicted molar refractivity (Wildman–Crippen MR) is 109 cm³/mol. The van der Waals surface area contributed by atoms with Crippen LogP contribution in [0, 0.1) is 5.41 Å². The number of likely N-dealkylation sites (N-methyl/N-ethyl adjacent to an activating group) is 1. The molecule has 0 unspecified atom stereocenters. The highest BCUT2D eigenvalue weighted by molar-refractivity contribution is 8.72. The second-order valence-electron chi connectivity index (χ2n) is 7.50. The standard InChI is InChI=1S/C19H30N2O4S2/c1-19(2,9-10-21-13-11-20(3)12-14-21)18(22)25-15-16-26-27(23,24)17-7-5-4-6-8-17/h4-8H,9-16H2,1-3H3. The van der Waals surface area contributed by atoms with Gasteiger partial charge in [-0.3, -0.25) is 4.79 Å². The van der Waals surface area contributed by atoms with Crippen LogP contribution in [-0.4, -0.2) is 76.3 Å². The Kier molecular flexibility index (Phi) is 8.15. The first-order valence-corrected chi connectivity index (χ1v) is 12.2. The number of hydrogen-bond donors (Lipinski definition) is 0. The lowest BCUT2D eigenvalue weighted by atomic mass is 9.89. The van der Waals surface area contributed by atoms with Crippen molar-refractivity contribution in [2.45, 2.75) is 25.2 Å². The summed E-state index contributed by atoms with van der Waals surface area (Å²) in [7, 11) is -0.486. The van der Waals surface area contributed by atoms with E-state index >= 15 is 0 Å². The summed E-state index contributed by atoms with van der Waals surface area (Å²) in [5, 5.41) is 0. The smallest absolute Gasteiger partial charge is 0.311 e.